The first-order valence-electron chi connectivity index (χ1n) is 4.14. The monoisotopic (exact) mass is 171 g/mol. The third-order valence-corrected chi connectivity index (χ3v) is 1.84. The summed E-state index contributed by atoms with van der Waals surface area (Å²) in [5.41, 5.74) is 0. The highest BCUT2D eigenvalue weighted by Crippen LogP contribution is 2.21. The first-order valence-corrected chi connectivity index (χ1v) is 4.14. The van der Waals surface area contributed by atoms with E-state index in [0.29, 0.717) is 31.9 Å². The molecule has 0 radical (unpaired) electrons. The van der Waals surface area contributed by atoms with Gasteiger partial charge in [-0.2, -0.15) is 0 Å². The zero-order chi connectivity index (χ0) is 8.97. The fourth-order valence-corrected chi connectivity index (χ4v) is 1.14. The molecule has 1 amide bonds. The van der Waals surface area contributed by atoms with Gasteiger partial charge in [0.2, 0.25) is 0 Å². The minimum absolute atomic E-state index is 0.283. The molecule has 0 heterocycles. The van der Waals surface area contributed by atoms with Crippen LogP contribution in [0, 0.1) is 5.92 Å². The molecule has 1 aliphatic rings. The number of ether oxygens (including phenoxy) is 1. The molecule has 0 saturated heterocycles. The van der Waals surface area contributed by atoms with Crippen molar-refractivity contribution >= 4 is 11.9 Å². The van der Waals surface area contributed by atoms with Gasteiger partial charge < -0.3 is 10.1 Å². The Labute approximate surface area is 71.3 Å². The third-order valence-electron chi connectivity index (χ3n) is 1.84. The molecule has 68 valence electrons. The fraction of sp³-hybridized carbons (Fsp3) is 0.750. The maximum absolute atomic E-state index is 10.8. The van der Waals surface area contributed by atoms with Crippen LogP contribution in [0.15, 0.2) is 0 Å². The van der Waals surface area contributed by atoms with Gasteiger partial charge in [-0.1, -0.05) is 0 Å². The highest BCUT2D eigenvalue weighted by atomic mass is 16.5. The first kappa shape index (κ1) is 9.03. The summed E-state index contributed by atoms with van der Waals surface area (Å²) in [6.45, 7) is 2.70. The van der Waals surface area contributed by atoms with Gasteiger partial charge in [0.15, 0.2) is 0 Å². The van der Waals surface area contributed by atoms with E-state index >= 15 is 0 Å². The molecule has 1 rings (SSSR count). The van der Waals surface area contributed by atoms with Crippen molar-refractivity contribution < 1.29 is 14.3 Å². The molecule has 1 aliphatic carbocycles. The van der Waals surface area contributed by atoms with Gasteiger partial charge in [-0.05, 0) is 12.8 Å². The van der Waals surface area contributed by atoms with Crippen LogP contribution in [-0.2, 0) is 9.53 Å². The van der Waals surface area contributed by atoms with Gasteiger partial charge in [0, 0.05) is 19.4 Å². The van der Waals surface area contributed by atoms with Crippen molar-refractivity contribution in [1.29, 1.82) is 0 Å². The van der Waals surface area contributed by atoms with Crippen molar-refractivity contribution in [2.24, 2.45) is 5.92 Å². The van der Waals surface area contributed by atoms with Crippen LogP contribution in [0.2, 0.25) is 0 Å². The number of hydrogen-bond acceptors (Lipinski definition) is 3. The fourth-order valence-electron chi connectivity index (χ4n) is 1.14. The first-order chi connectivity index (χ1) is 5.72. The van der Waals surface area contributed by atoms with E-state index in [1.165, 1.54) is 0 Å². The second kappa shape index (κ2) is 4.09. The Hall–Kier alpha value is -1.06. The largest absolute Gasteiger partial charge is 0.450 e. The highest BCUT2D eigenvalue weighted by Gasteiger charge is 2.26. The highest BCUT2D eigenvalue weighted by molar-refractivity contribution is 5.84. The zero-order valence-corrected chi connectivity index (χ0v) is 7.13. The molecule has 12 heavy (non-hydrogen) atoms. The summed E-state index contributed by atoms with van der Waals surface area (Å²) in [6, 6.07) is 0. The summed E-state index contributed by atoms with van der Waals surface area (Å²) in [6.07, 6.45) is 0.815. The number of hydrogen-bond donors (Lipinski definition) is 1. The Morgan fingerprint density at radius 1 is 1.67 bits per heavy atom. The predicted molar refractivity (Wildman–Crippen MR) is 42.8 cm³/mol. The van der Waals surface area contributed by atoms with Gasteiger partial charge >= 0.3 is 6.09 Å². The summed E-state index contributed by atoms with van der Waals surface area (Å²) in [5, 5.41) is 2.59. The third kappa shape index (κ3) is 2.53. The minimum atomic E-state index is -0.392. The van der Waals surface area contributed by atoms with Gasteiger partial charge in [-0.3, -0.25) is 4.79 Å². The average Bonchev–Trinajstić information content (AvgIpc) is 1.96. The Bertz CT molecular complexity index is 183. The number of Topliss-reactive ketones (excluding diaryl/α,β-unsaturated/α-hetero) is 1. The van der Waals surface area contributed by atoms with Crippen molar-refractivity contribution in [1.82, 2.24) is 5.32 Å². The SMILES string of the molecule is CCOC(=O)NCC1CC(=O)C1. The molecule has 0 aromatic rings. The van der Waals surface area contributed by atoms with E-state index in [9.17, 15) is 9.59 Å². The van der Waals surface area contributed by atoms with Crippen molar-refractivity contribution in [3.8, 4) is 0 Å². The van der Waals surface area contributed by atoms with E-state index < -0.39 is 6.09 Å². The molecule has 1 fully saturated rings. The molecule has 0 bridgehead atoms. The van der Waals surface area contributed by atoms with Gasteiger partial charge in [-0.25, -0.2) is 4.79 Å². The van der Waals surface area contributed by atoms with Crippen molar-refractivity contribution in [3.05, 3.63) is 0 Å². The smallest absolute Gasteiger partial charge is 0.407 e. The lowest BCUT2D eigenvalue weighted by Gasteiger charge is -2.23. The van der Waals surface area contributed by atoms with Crippen LogP contribution in [0.1, 0.15) is 19.8 Å². The molecule has 1 N–H and O–H groups in total. The Morgan fingerprint density at radius 3 is 2.83 bits per heavy atom. The van der Waals surface area contributed by atoms with Crippen LogP contribution >= 0.6 is 0 Å². The standard InChI is InChI=1S/C8H13NO3/c1-2-12-8(11)9-5-6-3-7(10)4-6/h6H,2-5H2,1H3,(H,9,11). The summed E-state index contributed by atoms with van der Waals surface area (Å²) >= 11 is 0. The number of ketones is 1. The van der Waals surface area contributed by atoms with Gasteiger partial charge in [0.25, 0.3) is 0 Å². The van der Waals surface area contributed by atoms with E-state index in [1.54, 1.807) is 6.92 Å². The van der Waals surface area contributed by atoms with Crippen molar-refractivity contribution in [2.75, 3.05) is 13.2 Å². The van der Waals surface area contributed by atoms with Gasteiger partial charge in [-0.15, -0.1) is 0 Å². The molecular formula is C8H13NO3. The van der Waals surface area contributed by atoms with E-state index in [0.717, 1.165) is 0 Å². The number of nitrogens with one attached hydrogen (secondary N) is 1. The summed E-state index contributed by atoms with van der Waals surface area (Å²) < 4.78 is 4.65. The van der Waals surface area contributed by atoms with Crippen molar-refractivity contribution in [3.63, 3.8) is 0 Å². The normalized spacial score (nSPS) is 16.9. The van der Waals surface area contributed by atoms with Gasteiger partial charge in [0.05, 0.1) is 6.61 Å². The number of alkyl carbamates (subject to hydrolysis) is 1. The molecule has 0 aliphatic heterocycles. The summed E-state index contributed by atoms with van der Waals surface area (Å²) in [5.74, 6) is 0.618. The van der Waals surface area contributed by atoms with Crippen LogP contribution in [0.25, 0.3) is 0 Å². The molecule has 1 saturated carbocycles. The van der Waals surface area contributed by atoms with E-state index in [-0.39, 0.29) is 5.78 Å². The molecule has 0 aromatic carbocycles. The molecule has 0 aromatic heterocycles. The van der Waals surface area contributed by atoms with Crippen molar-refractivity contribution in [2.45, 2.75) is 19.8 Å². The predicted octanol–water partition coefficient (Wildman–Crippen LogP) is 0.712. The van der Waals surface area contributed by atoms with Crippen LogP contribution < -0.4 is 5.32 Å². The Morgan fingerprint density at radius 2 is 2.33 bits per heavy atom. The zero-order valence-electron chi connectivity index (χ0n) is 7.13. The lowest BCUT2D eigenvalue weighted by atomic mass is 9.84. The Kier molecular flexibility index (Phi) is 3.08. The second-order valence-electron chi connectivity index (χ2n) is 2.91. The Balaban J connectivity index is 2.02. The minimum Gasteiger partial charge on any atom is -0.450 e. The van der Waals surface area contributed by atoms with Crippen LogP contribution in [0.4, 0.5) is 4.79 Å². The van der Waals surface area contributed by atoms with Crippen LogP contribution in [0.3, 0.4) is 0 Å². The van der Waals surface area contributed by atoms with E-state index in [4.69, 9.17) is 0 Å². The van der Waals surface area contributed by atoms with Crippen LogP contribution in [-0.4, -0.2) is 25.0 Å². The molecular weight excluding hydrogens is 158 g/mol. The summed E-state index contributed by atoms with van der Waals surface area (Å²) in [7, 11) is 0. The van der Waals surface area contributed by atoms with E-state index in [2.05, 4.69) is 10.1 Å². The lowest BCUT2D eigenvalue weighted by Crippen LogP contribution is -2.36. The second-order valence-corrected chi connectivity index (χ2v) is 2.91. The lowest BCUT2D eigenvalue weighted by molar-refractivity contribution is -0.126. The number of amides is 1. The molecule has 0 spiro atoms. The van der Waals surface area contributed by atoms with Crippen LogP contribution in [0.5, 0.6) is 0 Å². The number of carbonyl (C=O) groups is 2. The molecule has 0 unspecified atom stereocenters. The number of carbonyl (C=O) groups excluding carboxylic acids is 2. The maximum atomic E-state index is 10.8. The molecule has 0 atom stereocenters. The molecule has 4 heteroatoms. The van der Waals surface area contributed by atoms with Gasteiger partial charge in [0.1, 0.15) is 5.78 Å². The topological polar surface area (TPSA) is 55.4 Å². The maximum Gasteiger partial charge on any atom is 0.407 e. The number of rotatable bonds is 3. The molecule has 4 nitrogen and oxygen atoms in total. The summed E-state index contributed by atoms with van der Waals surface area (Å²) in [4.78, 5) is 21.3. The van der Waals surface area contributed by atoms with E-state index in [1.807, 2.05) is 0 Å². The quantitative estimate of drug-likeness (QED) is 0.680. The average molecular weight is 171 g/mol.